The Kier molecular flexibility index (Phi) is 5.96. The number of ether oxygens (including phenoxy) is 2. The Balaban J connectivity index is 2.31. The van der Waals surface area contributed by atoms with Crippen molar-refractivity contribution in [3.05, 3.63) is 30.3 Å². The summed E-state index contributed by atoms with van der Waals surface area (Å²) in [7, 11) is 0. The molecule has 2 aromatic rings. The van der Waals surface area contributed by atoms with Crippen LogP contribution in [0.5, 0.6) is 12.0 Å². The number of rotatable bonds is 6. The standard InChI is InChI=1S/C15H14F6N4O2/c1-8(14(16,17)18)26-12-23-11(22-10-6-4-3-5-7-10)24-13(25-12)27-9(2)15(19,20)21/h3-9H,1-2H3,(H,22,23,24,25). The molecule has 2 rings (SSSR count). The molecule has 148 valence electrons. The Bertz CT molecular complexity index is 714. The zero-order valence-corrected chi connectivity index (χ0v) is 14.0. The van der Waals surface area contributed by atoms with Crippen LogP contribution < -0.4 is 14.8 Å². The molecule has 0 bridgehead atoms. The van der Waals surface area contributed by atoms with E-state index in [1.807, 2.05) is 0 Å². The van der Waals surface area contributed by atoms with Crippen LogP contribution in [0.3, 0.4) is 0 Å². The van der Waals surface area contributed by atoms with Gasteiger partial charge in [0.15, 0.2) is 12.2 Å². The van der Waals surface area contributed by atoms with Crippen LogP contribution in [0.1, 0.15) is 13.8 Å². The number of anilines is 2. The number of aromatic nitrogens is 3. The average molecular weight is 396 g/mol. The first-order chi connectivity index (χ1) is 12.4. The van der Waals surface area contributed by atoms with E-state index in [4.69, 9.17) is 0 Å². The zero-order chi connectivity index (χ0) is 20.2. The molecule has 27 heavy (non-hydrogen) atoms. The summed E-state index contributed by atoms with van der Waals surface area (Å²) in [5, 5.41) is 2.62. The number of halogens is 6. The van der Waals surface area contributed by atoms with E-state index >= 15 is 0 Å². The van der Waals surface area contributed by atoms with Crippen LogP contribution in [-0.2, 0) is 0 Å². The second kappa shape index (κ2) is 7.84. The first-order valence-electron chi connectivity index (χ1n) is 7.50. The smallest absolute Gasteiger partial charge is 0.425 e. The van der Waals surface area contributed by atoms with Crippen LogP contribution in [0.4, 0.5) is 38.0 Å². The third kappa shape index (κ3) is 6.15. The van der Waals surface area contributed by atoms with E-state index in [1.54, 1.807) is 30.3 Å². The molecule has 2 atom stereocenters. The molecule has 1 heterocycles. The normalized spacial score (nSPS) is 14.4. The molecule has 2 unspecified atom stereocenters. The first kappa shape index (κ1) is 20.5. The van der Waals surface area contributed by atoms with E-state index in [0.29, 0.717) is 19.5 Å². The highest BCUT2D eigenvalue weighted by molar-refractivity contribution is 5.52. The number of alkyl halides is 6. The van der Waals surface area contributed by atoms with Crippen LogP contribution >= 0.6 is 0 Å². The molecular weight excluding hydrogens is 382 g/mol. The molecule has 12 heteroatoms. The summed E-state index contributed by atoms with van der Waals surface area (Å²) in [5.41, 5.74) is 0.438. The van der Waals surface area contributed by atoms with Gasteiger partial charge >= 0.3 is 24.4 Å². The molecule has 0 amide bonds. The Hall–Kier alpha value is -2.79. The fraction of sp³-hybridized carbons (Fsp3) is 0.400. The number of benzene rings is 1. The lowest BCUT2D eigenvalue weighted by Gasteiger charge is -2.19. The second-order valence-electron chi connectivity index (χ2n) is 5.32. The third-order valence-corrected chi connectivity index (χ3v) is 3.11. The van der Waals surface area contributed by atoms with Gasteiger partial charge in [-0.15, -0.1) is 4.98 Å². The van der Waals surface area contributed by atoms with Gasteiger partial charge in [-0.25, -0.2) is 0 Å². The lowest BCUT2D eigenvalue weighted by atomic mass is 10.3. The first-order valence-corrected chi connectivity index (χ1v) is 7.50. The maximum Gasteiger partial charge on any atom is 0.425 e. The Morgan fingerprint density at radius 1 is 0.778 bits per heavy atom. The van der Waals surface area contributed by atoms with Crippen molar-refractivity contribution < 1.29 is 35.8 Å². The largest absolute Gasteiger partial charge is 0.451 e. The van der Waals surface area contributed by atoms with Gasteiger partial charge in [0.2, 0.25) is 5.95 Å². The predicted molar refractivity (Wildman–Crippen MR) is 81.8 cm³/mol. The van der Waals surface area contributed by atoms with Gasteiger partial charge in [0.25, 0.3) is 0 Å². The molecule has 0 saturated carbocycles. The molecule has 1 aromatic heterocycles. The zero-order valence-electron chi connectivity index (χ0n) is 14.0. The Labute approximate surface area is 149 Å². The fourth-order valence-corrected chi connectivity index (χ4v) is 1.60. The van der Waals surface area contributed by atoms with Gasteiger partial charge in [0.05, 0.1) is 0 Å². The molecule has 1 aromatic carbocycles. The minimum absolute atomic E-state index is 0.343. The summed E-state index contributed by atoms with van der Waals surface area (Å²) in [6.07, 6.45) is -14.0. The van der Waals surface area contributed by atoms with Crippen molar-refractivity contribution in [1.29, 1.82) is 0 Å². The van der Waals surface area contributed by atoms with Crippen molar-refractivity contribution in [3.8, 4) is 12.0 Å². The second-order valence-corrected chi connectivity index (χ2v) is 5.32. The molecule has 0 spiro atoms. The van der Waals surface area contributed by atoms with Crippen molar-refractivity contribution in [2.45, 2.75) is 38.4 Å². The summed E-state index contributed by atoms with van der Waals surface area (Å²) in [4.78, 5) is 10.6. The van der Waals surface area contributed by atoms with Gasteiger partial charge in [0, 0.05) is 5.69 Å². The molecule has 0 aliphatic heterocycles. The third-order valence-electron chi connectivity index (χ3n) is 3.11. The molecule has 0 saturated heterocycles. The van der Waals surface area contributed by atoms with Crippen LogP contribution in [0.25, 0.3) is 0 Å². The number of para-hydroxylation sites is 1. The van der Waals surface area contributed by atoms with E-state index < -0.39 is 36.6 Å². The Morgan fingerprint density at radius 2 is 1.22 bits per heavy atom. The van der Waals surface area contributed by atoms with Gasteiger partial charge < -0.3 is 14.8 Å². The summed E-state index contributed by atoms with van der Waals surface area (Å²) in [5.74, 6) is -0.343. The molecular formula is C15H14F6N4O2. The van der Waals surface area contributed by atoms with E-state index in [9.17, 15) is 26.3 Å². The SMILES string of the molecule is CC(Oc1nc(Nc2ccccc2)nc(OC(C)C(F)(F)F)n1)C(F)(F)F. The molecule has 0 aliphatic carbocycles. The topological polar surface area (TPSA) is 69.2 Å². The molecule has 6 nitrogen and oxygen atoms in total. The van der Waals surface area contributed by atoms with Crippen LogP contribution in [0.15, 0.2) is 30.3 Å². The van der Waals surface area contributed by atoms with Gasteiger partial charge in [-0.1, -0.05) is 18.2 Å². The quantitative estimate of drug-likeness (QED) is 0.736. The molecule has 0 aliphatic rings. The maximum absolute atomic E-state index is 12.7. The van der Waals surface area contributed by atoms with Crippen molar-refractivity contribution in [1.82, 2.24) is 15.0 Å². The van der Waals surface area contributed by atoms with Crippen LogP contribution in [-0.4, -0.2) is 39.5 Å². The summed E-state index contributed by atoms with van der Waals surface area (Å²) < 4.78 is 85.1. The highest BCUT2D eigenvalue weighted by atomic mass is 19.4. The molecule has 0 fully saturated rings. The van der Waals surface area contributed by atoms with Gasteiger partial charge in [-0.05, 0) is 26.0 Å². The van der Waals surface area contributed by atoms with E-state index in [0.717, 1.165) is 0 Å². The van der Waals surface area contributed by atoms with E-state index in [-0.39, 0.29) is 5.95 Å². The predicted octanol–water partition coefficient (Wildman–Crippen LogP) is 4.27. The highest BCUT2D eigenvalue weighted by Crippen LogP contribution is 2.27. The van der Waals surface area contributed by atoms with Gasteiger partial charge in [-0.2, -0.15) is 36.3 Å². The lowest BCUT2D eigenvalue weighted by molar-refractivity contribution is -0.192. The molecule has 1 N–H and O–H groups in total. The van der Waals surface area contributed by atoms with Crippen molar-refractivity contribution in [2.75, 3.05) is 5.32 Å². The fourth-order valence-electron chi connectivity index (χ4n) is 1.60. The van der Waals surface area contributed by atoms with Crippen molar-refractivity contribution in [2.24, 2.45) is 0 Å². The summed E-state index contributed by atoms with van der Waals surface area (Å²) in [6, 6.07) is 6.50. The van der Waals surface area contributed by atoms with Crippen molar-refractivity contribution >= 4 is 11.6 Å². The van der Waals surface area contributed by atoms with E-state index in [1.165, 1.54) is 0 Å². The number of hydrogen-bond donors (Lipinski definition) is 1. The minimum atomic E-state index is -4.72. The molecule has 0 radical (unpaired) electrons. The van der Waals surface area contributed by atoms with Gasteiger partial charge in [0.1, 0.15) is 0 Å². The summed E-state index contributed by atoms with van der Waals surface area (Å²) >= 11 is 0. The highest BCUT2D eigenvalue weighted by Gasteiger charge is 2.40. The monoisotopic (exact) mass is 396 g/mol. The number of nitrogens with zero attached hydrogens (tertiary/aromatic N) is 3. The maximum atomic E-state index is 12.7. The average Bonchev–Trinajstić information content (AvgIpc) is 2.53. The lowest BCUT2D eigenvalue weighted by Crippen LogP contribution is -2.33. The minimum Gasteiger partial charge on any atom is -0.451 e. The summed E-state index contributed by atoms with van der Waals surface area (Å²) in [6.45, 7) is 1.40. The van der Waals surface area contributed by atoms with E-state index in [2.05, 4.69) is 29.7 Å². The Morgan fingerprint density at radius 3 is 1.63 bits per heavy atom. The van der Waals surface area contributed by atoms with Crippen molar-refractivity contribution in [3.63, 3.8) is 0 Å². The van der Waals surface area contributed by atoms with Crippen LogP contribution in [0.2, 0.25) is 0 Å². The van der Waals surface area contributed by atoms with Gasteiger partial charge in [-0.3, -0.25) is 0 Å². The number of hydrogen-bond acceptors (Lipinski definition) is 6. The van der Waals surface area contributed by atoms with Crippen LogP contribution in [0, 0.1) is 0 Å². The number of nitrogens with one attached hydrogen (secondary N) is 1.